The number of ether oxygens (including phenoxy) is 1. The minimum Gasteiger partial charge on any atom is -0.497 e. The zero-order valence-corrected chi connectivity index (χ0v) is 12.3. The molecule has 0 aromatic heterocycles. The molecule has 4 heteroatoms. The van der Waals surface area contributed by atoms with Crippen molar-refractivity contribution < 1.29 is 4.74 Å². The third-order valence-corrected chi connectivity index (χ3v) is 3.52. The van der Waals surface area contributed by atoms with Gasteiger partial charge >= 0.3 is 0 Å². The van der Waals surface area contributed by atoms with Gasteiger partial charge in [0.2, 0.25) is 0 Å². The van der Waals surface area contributed by atoms with Crippen LogP contribution in [0.15, 0.2) is 42.5 Å². The SMILES string of the molecule is COc1ccc(Nc2ccc(CI)cc2N)cc1. The maximum atomic E-state index is 6.01. The fraction of sp³-hybridized carbons (Fsp3) is 0.143. The van der Waals surface area contributed by atoms with Gasteiger partial charge in [-0.25, -0.2) is 0 Å². The molecule has 0 amide bonds. The molecule has 0 bridgehead atoms. The summed E-state index contributed by atoms with van der Waals surface area (Å²) in [7, 11) is 1.66. The van der Waals surface area contributed by atoms with Crippen LogP contribution in [0.2, 0.25) is 0 Å². The van der Waals surface area contributed by atoms with Gasteiger partial charge in [-0.1, -0.05) is 28.7 Å². The number of hydrogen-bond acceptors (Lipinski definition) is 3. The van der Waals surface area contributed by atoms with Crippen molar-refractivity contribution in [3.8, 4) is 5.75 Å². The summed E-state index contributed by atoms with van der Waals surface area (Å²) < 4.78 is 6.08. The summed E-state index contributed by atoms with van der Waals surface area (Å²) in [5.74, 6) is 0.841. The highest BCUT2D eigenvalue weighted by atomic mass is 127. The van der Waals surface area contributed by atoms with E-state index in [1.54, 1.807) is 7.11 Å². The number of nitrogen functional groups attached to an aromatic ring is 1. The molecule has 94 valence electrons. The molecule has 3 nitrogen and oxygen atoms in total. The molecule has 18 heavy (non-hydrogen) atoms. The molecule has 0 saturated carbocycles. The summed E-state index contributed by atoms with van der Waals surface area (Å²) in [5.41, 5.74) is 9.92. The maximum Gasteiger partial charge on any atom is 0.119 e. The molecule has 0 heterocycles. The van der Waals surface area contributed by atoms with Crippen LogP contribution in [0.25, 0.3) is 0 Å². The fourth-order valence-electron chi connectivity index (χ4n) is 1.64. The van der Waals surface area contributed by atoms with Gasteiger partial charge in [0.1, 0.15) is 5.75 Å². The summed E-state index contributed by atoms with van der Waals surface area (Å²) in [6.45, 7) is 0. The van der Waals surface area contributed by atoms with E-state index < -0.39 is 0 Å². The molecule has 2 aromatic carbocycles. The molecule has 2 rings (SSSR count). The zero-order chi connectivity index (χ0) is 13.0. The smallest absolute Gasteiger partial charge is 0.119 e. The van der Waals surface area contributed by atoms with E-state index in [0.29, 0.717) is 0 Å². The third-order valence-electron chi connectivity index (χ3n) is 2.64. The van der Waals surface area contributed by atoms with Gasteiger partial charge < -0.3 is 15.8 Å². The van der Waals surface area contributed by atoms with E-state index >= 15 is 0 Å². The van der Waals surface area contributed by atoms with Gasteiger partial charge in [0.15, 0.2) is 0 Å². The van der Waals surface area contributed by atoms with Gasteiger partial charge in [-0.2, -0.15) is 0 Å². The predicted molar refractivity (Wildman–Crippen MR) is 84.9 cm³/mol. The van der Waals surface area contributed by atoms with Crippen molar-refractivity contribution in [3.63, 3.8) is 0 Å². The van der Waals surface area contributed by atoms with Crippen molar-refractivity contribution in [1.29, 1.82) is 0 Å². The molecule has 0 atom stereocenters. The van der Waals surface area contributed by atoms with Crippen molar-refractivity contribution in [2.45, 2.75) is 4.43 Å². The van der Waals surface area contributed by atoms with Crippen LogP contribution in [0.4, 0.5) is 17.1 Å². The predicted octanol–water partition coefficient (Wildman–Crippen LogP) is 3.96. The lowest BCUT2D eigenvalue weighted by atomic mass is 10.2. The molecule has 0 unspecified atom stereocenters. The van der Waals surface area contributed by atoms with Crippen molar-refractivity contribution in [3.05, 3.63) is 48.0 Å². The van der Waals surface area contributed by atoms with Crippen LogP contribution < -0.4 is 15.8 Å². The lowest BCUT2D eigenvalue weighted by Crippen LogP contribution is -1.97. The lowest BCUT2D eigenvalue weighted by molar-refractivity contribution is 0.415. The van der Waals surface area contributed by atoms with Crippen LogP contribution >= 0.6 is 22.6 Å². The zero-order valence-electron chi connectivity index (χ0n) is 10.1. The van der Waals surface area contributed by atoms with E-state index in [-0.39, 0.29) is 0 Å². The van der Waals surface area contributed by atoms with E-state index in [4.69, 9.17) is 10.5 Å². The molecule has 0 aliphatic carbocycles. The molecule has 0 aliphatic heterocycles. The van der Waals surface area contributed by atoms with Crippen LogP contribution in [0, 0.1) is 0 Å². The third kappa shape index (κ3) is 3.07. The number of rotatable bonds is 4. The van der Waals surface area contributed by atoms with Crippen molar-refractivity contribution in [2.24, 2.45) is 0 Å². The van der Waals surface area contributed by atoms with E-state index in [1.165, 1.54) is 5.56 Å². The Morgan fingerprint density at radius 2 is 1.89 bits per heavy atom. The number of benzene rings is 2. The van der Waals surface area contributed by atoms with E-state index in [9.17, 15) is 0 Å². The minimum absolute atomic E-state index is 0.764. The molecular formula is C14H15IN2O. The number of hydrogen-bond donors (Lipinski definition) is 2. The Hall–Kier alpha value is -1.43. The normalized spacial score (nSPS) is 10.1. The van der Waals surface area contributed by atoms with E-state index in [0.717, 1.165) is 27.2 Å². The molecule has 0 fully saturated rings. The number of halogens is 1. The van der Waals surface area contributed by atoms with Gasteiger partial charge in [0.25, 0.3) is 0 Å². The van der Waals surface area contributed by atoms with E-state index in [2.05, 4.69) is 34.0 Å². The Labute approximate surface area is 120 Å². The van der Waals surface area contributed by atoms with Crippen molar-refractivity contribution in [2.75, 3.05) is 18.2 Å². The molecule has 0 spiro atoms. The first-order chi connectivity index (χ1) is 8.72. The monoisotopic (exact) mass is 354 g/mol. The molecule has 0 radical (unpaired) electrons. The average molecular weight is 354 g/mol. The number of nitrogens with one attached hydrogen (secondary N) is 1. The topological polar surface area (TPSA) is 47.3 Å². The molecule has 2 aromatic rings. The Kier molecular flexibility index (Phi) is 4.30. The Morgan fingerprint density at radius 3 is 2.44 bits per heavy atom. The van der Waals surface area contributed by atoms with Gasteiger partial charge in [-0.15, -0.1) is 0 Å². The van der Waals surface area contributed by atoms with Gasteiger partial charge in [0.05, 0.1) is 18.5 Å². The molecule has 0 aliphatic rings. The van der Waals surface area contributed by atoms with E-state index in [1.807, 2.05) is 36.4 Å². The van der Waals surface area contributed by atoms with Crippen LogP contribution in [-0.2, 0) is 4.43 Å². The van der Waals surface area contributed by atoms with Gasteiger partial charge in [-0.05, 0) is 42.0 Å². The molecular weight excluding hydrogens is 339 g/mol. The first kappa shape index (κ1) is 13.0. The minimum atomic E-state index is 0.764. The second-order valence-corrected chi connectivity index (χ2v) is 4.67. The summed E-state index contributed by atoms with van der Waals surface area (Å²) in [6, 6.07) is 13.8. The highest BCUT2D eigenvalue weighted by molar-refractivity contribution is 14.1. The van der Waals surface area contributed by atoms with Crippen LogP contribution in [0.3, 0.4) is 0 Å². The van der Waals surface area contributed by atoms with Gasteiger partial charge in [0, 0.05) is 10.1 Å². The Bertz CT molecular complexity index is 526. The maximum absolute atomic E-state index is 6.01. The first-order valence-electron chi connectivity index (χ1n) is 5.58. The van der Waals surface area contributed by atoms with Gasteiger partial charge in [-0.3, -0.25) is 0 Å². The summed E-state index contributed by atoms with van der Waals surface area (Å²) in [6.07, 6.45) is 0. The molecule has 0 saturated heterocycles. The Morgan fingerprint density at radius 1 is 1.17 bits per heavy atom. The number of nitrogens with two attached hydrogens (primary N) is 1. The average Bonchev–Trinajstić information content (AvgIpc) is 2.42. The second kappa shape index (κ2) is 5.95. The molecule has 3 N–H and O–H groups in total. The largest absolute Gasteiger partial charge is 0.497 e. The highest BCUT2D eigenvalue weighted by Gasteiger charge is 2.01. The summed E-state index contributed by atoms with van der Waals surface area (Å²) in [5, 5.41) is 3.29. The highest BCUT2D eigenvalue weighted by Crippen LogP contribution is 2.26. The standard InChI is InChI=1S/C14H15IN2O/c1-18-12-5-3-11(4-6-12)17-14-7-2-10(9-15)8-13(14)16/h2-8,17H,9,16H2,1H3. The number of anilines is 3. The Balaban J connectivity index is 2.17. The lowest BCUT2D eigenvalue weighted by Gasteiger charge is -2.10. The second-order valence-electron chi connectivity index (χ2n) is 3.91. The van der Waals surface area contributed by atoms with Crippen molar-refractivity contribution in [1.82, 2.24) is 0 Å². The first-order valence-corrected chi connectivity index (χ1v) is 7.11. The van der Waals surface area contributed by atoms with Crippen LogP contribution in [-0.4, -0.2) is 7.11 Å². The van der Waals surface area contributed by atoms with Crippen molar-refractivity contribution >= 4 is 39.7 Å². The quantitative estimate of drug-likeness (QED) is 0.497. The fourth-order valence-corrected chi connectivity index (χ4v) is 2.11. The number of alkyl halides is 1. The summed E-state index contributed by atoms with van der Waals surface area (Å²) in [4.78, 5) is 0. The van der Waals surface area contributed by atoms with Crippen LogP contribution in [0.1, 0.15) is 5.56 Å². The van der Waals surface area contributed by atoms with Crippen LogP contribution in [0.5, 0.6) is 5.75 Å². The summed E-state index contributed by atoms with van der Waals surface area (Å²) >= 11 is 2.32. The number of methoxy groups -OCH3 is 1.